The molecule has 0 radical (unpaired) electrons. The zero-order chi connectivity index (χ0) is 21.2. The van der Waals surface area contributed by atoms with E-state index in [1.807, 2.05) is 51.1 Å². The van der Waals surface area contributed by atoms with Gasteiger partial charge in [0.25, 0.3) is 0 Å². The summed E-state index contributed by atoms with van der Waals surface area (Å²) in [6.07, 6.45) is 0.339. The van der Waals surface area contributed by atoms with Crippen LogP contribution in [0.2, 0.25) is 0 Å². The third-order valence-electron chi connectivity index (χ3n) is 3.72. The molecular formula is C21H31N3O4. The van der Waals surface area contributed by atoms with Crippen LogP contribution in [0.15, 0.2) is 42.8 Å². The van der Waals surface area contributed by atoms with Crippen LogP contribution in [-0.4, -0.2) is 36.7 Å². The van der Waals surface area contributed by atoms with Crippen molar-refractivity contribution >= 4 is 17.6 Å². The van der Waals surface area contributed by atoms with E-state index in [1.54, 1.807) is 0 Å². The lowest BCUT2D eigenvalue weighted by molar-refractivity contribution is -0.127. The first-order valence-corrected chi connectivity index (χ1v) is 9.23. The van der Waals surface area contributed by atoms with Crippen LogP contribution < -0.4 is 16.0 Å². The van der Waals surface area contributed by atoms with Crippen molar-refractivity contribution in [3.8, 4) is 0 Å². The van der Waals surface area contributed by atoms with E-state index in [9.17, 15) is 14.4 Å². The lowest BCUT2D eigenvalue weighted by Crippen LogP contribution is -2.50. The van der Waals surface area contributed by atoms with Gasteiger partial charge in [0, 0.05) is 13.0 Å². The summed E-state index contributed by atoms with van der Waals surface area (Å²) in [5.41, 5.74) is 0.834. The predicted molar refractivity (Wildman–Crippen MR) is 108 cm³/mol. The average molecular weight is 389 g/mol. The predicted octanol–water partition coefficient (Wildman–Crippen LogP) is 1.89. The fraction of sp³-hybridized carbons (Fsp3) is 0.476. The number of ether oxygens (including phenoxy) is 1. The molecule has 0 unspecified atom stereocenters. The van der Waals surface area contributed by atoms with Gasteiger partial charge in [-0.1, -0.05) is 51.1 Å². The molecule has 0 aliphatic rings. The van der Waals surface area contributed by atoms with Gasteiger partial charge in [0.05, 0.1) is 6.54 Å². The Labute approximate surface area is 166 Å². The Balaban J connectivity index is 2.35. The Morgan fingerprint density at radius 1 is 1.07 bits per heavy atom. The van der Waals surface area contributed by atoms with E-state index in [0.717, 1.165) is 5.56 Å². The Morgan fingerprint density at radius 2 is 1.71 bits per heavy atom. The van der Waals surface area contributed by atoms with Crippen molar-refractivity contribution in [1.29, 1.82) is 0 Å². The molecule has 7 nitrogen and oxygen atoms in total. The van der Waals surface area contributed by atoms with Gasteiger partial charge in [0.1, 0.15) is 12.6 Å². The molecular weight excluding hydrogens is 358 g/mol. The fourth-order valence-electron chi connectivity index (χ4n) is 2.28. The highest BCUT2D eigenvalue weighted by molar-refractivity contribution is 5.89. The van der Waals surface area contributed by atoms with Crippen LogP contribution in [0.4, 0.5) is 0 Å². The number of benzene rings is 1. The molecule has 0 aliphatic carbocycles. The van der Waals surface area contributed by atoms with Crippen LogP contribution in [0.25, 0.3) is 0 Å². The maximum atomic E-state index is 12.1. The minimum atomic E-state index is -0.781. The third-order valence-corrected chi connectivity index (χ3v) is 3.72. The highest BCUT2D eigenvalue weighted by Gasteiger charge is 2.20. The molecule has 154 valence electrons. The van der Waals surface area contributed by atoms with Gasteiger partial charge in [-0.25, -0.2) is 0 Å². The first-order chi connectivity index (χ1) is 13.1. The summed E-state index contributed by atoms with van der Waals surface area (Å²) >= 11 is 0. The summed E-state index contributed by atoms with van der Waals surface area (Å²) in [7, 11) is 0. The maximum absolute atomic E-state index is 12.1. The summed E-state index contributed by atoms with van der Waals surface area (Å²) in [6, 6.07) is 8.79. The molecule has 0 fully saturated rings. The van der Waals surface area contributed by atoms with Gasteiger partial charge < -0.3 is 20.7 Å². The van der Waals surface area contributed by atoms with Crippen LogP contribution >= 0.6 is 0 Å². The average Bonchev–Trinajstić information content (AvgIpc) is 2.60. The van der Waals surface area contributed by atoms with Gasteiger partial charge in [0.2, 0.25) is 11.8 Å². The van der Waals surface area contributed by atoms with Gasteiger partial charge in [0.15, 0.2) is 11.7 Å². The minimum absolute atomic E-state index is 0.0570. The lowest BCUT2D eigenvalue weighted by atomic mass is 9.92. The first kappa shape index (κ1) is 23.2. The molecule has 0 spiro atoms. The highest BCUT2D eigenvalue weighted by atomic mass is 16.5. The lowest BCUT2D eigenvalue weighted by Gasteiger charge is -2.20. The second kappa shape index (κ2) is 11.1. The Kier molecular flexibility index (Phi) is 9.21. The molecule has 0 aliphatic heterocycles. The third kappa shape index (κ3) is 10.4. The molecule has 1 rings (SSSR count). The number of carbonyl (C=O) groups is 3. The molecule has 0 bridgehead atoms. The SMILES string of the molecule is C=C(NCC(=O)N[C@H](CNC(=O)CC(C)(C)C)C(C)=O)OCc1ccccc1. The number of Topliss-reactive ketones (excluding diaryl/α,β-unsaturated/α-hetero) is 1. The van der Waals surface area contributed by atoms with Crippen molar-refractivity contribution in [2.45, 2.75) is 46.8 Å². The van der Waals surface area contributed by atoms with Crippen molar-refractivity contribution in [2.24, 2.45) is 5.41 Å². The molecule has 2 amide bonds. The number of carbonyl (C=O) groups excluding carboxylic acids is 3. The van der Waals surface area contributed by atoms with E-state index < -0.39 is 11.9 Å². The largest absolute Gasteiger partial charge is 0.475 e. The van der Waals surface area contributed by atoms with E-state index in [4.69, 9.17) is 4.74 Å². The summed E-state index contributed by atoms with van der Waals surface area (Å²) in [5, 5.41) is 8.06. The van der Waals surface area contributed by atoms with E-state index >= 15 is 0 Å². The van der Waals surface area contributed by atoms with Gasteiger partial charge >= 0.3 is 0 Å². The Hall–Kier alpha value is -2.83. The molecule has 0 saturated carbocycles. The first-order valence-electron chi connectivity index (χ1n) is 9.23. The van der Waals surface area contributed by atoms with Crippen LogP contribution in [0.3, 0.4) is 0 Å². The molecule has 0 aromatic heterocycles. The molecule has 3 N–H and O–H groups in total. The smallest absolute Gasteiger partial charge is 0.240 e. The highest BCUT2D eigenvalue weighted by Crippen LogP contribution is 2.17. The van der Waals surface area contributed by atoms with Gasteiger partial charge in [-0.15, -0.1) is 0 Å². The standard InChI is InChI=1S/C21H31N3O4/c1-15(25)18(12-23-19(26)11-21(3,4)5)24-20(27)13-22-16(2)28-14-17-9-7-6-8-10-17/h6-10,18,22H,2,11-14H2,1,3-5H3,(H,23,26)(H,24,27)/t18-/m1/s1. The van der Waals surface area contributed by atoms with Crippen LogP contribution in [-0.2, 0) is 25.7 Å². The second-order valence-electron chi connectivity index (χ2n) is 7.82. The molecule has 1 aromatic carbocycles. The Bertz CT molecular complexity index is 681. The summed E-state index contributed by atoms with van der Waals surface area (Å²) < 4.78 is 5.45. The molecule has 0 saturated heterocycles. The van der Waals surface area contributed by atoms with Crippen molar-refractivity contribution in [1.82, 2.24) is 16.0 Å². The summed E-state index contributed by atoms with van der Waals surface area (Å²) in [5.74, 6) is -0.524. The quantitative estimate of drug-likeness (QED) is 0.502. The van der Waals surface area contributed by atoms with Crippen molar-refractivity contribution in [2.75, 3.05) is 13.1 Å². The molecule has 28 heavy (non-hydrogen) atoms. The summed E-state index contributed by atoms with van der Waals surface area (Å²) in [6.45, 7) is 11.2. The zero-order valence-corrected chi connectivity index (χ0v) is 17.1. The van der Waals surface area contributed by atoms with Crippen molar-refractivity contribution < 1.29 is 19.1 Å². The Morgan fingerprint density at radius 3 is 2.29 bits per heavy atom. The van der Waals surface area contributed by atoms with Crippen LogP contribution in [0, 0.1) is 5.41 Å². The number of rotatable bonds is 11. The molecule has 1 aromatic rings. The van der Waals surface area contributed by atoms with E-state index in [1.165, 1.54) is 6.92 Å². The number of hydrogen-bond donors (Lipinski definition) is 3. The minimum Gasteiger partial charge on any atom is -0.475 e. The van der Waals surface area contributed by atoms with Gasteiger partial charge in [-0.3, -0.25) is 14.4 Å². The second-order valence-corrected chi connectivity index (χ2v) is 7.82. The number of ketones is 1. The number of nitrogens with one attached hydrogen (secondary N) is 3. The monoisotopic (exact) mass is 389 g/mol. The van der Waals surface area contributed by atoms with E-state index in [2.05, 4.69) is 22.5 Å². The van der Waals surface area contributed by atoms with E-state index in [0.29, 0.717) is 13.0 Å². The topological polar surface area (TPSA) is 96.5 Å². The van der Waals surface area contributed by atoms with E-state index in [-0.39, 0.29) is 36.1 Å². The van der Waals surface area contributed by atoms with Gasteiger partial charge in [-0.05, 0) is 24.5 Å². The molecule has 7 heteroatoms. The maximum Gasteiger partial charge on any atom is 0.240 e. The fourth-order valence-corrected chi connectivity index (χ4v) is 2.28. The normalized spacial score (nSPS) is 11.9. The number of amides is 2. The summed E-state index contributed by atoms with van der Waals surface area (Å²) in [4.78, 5) is 35.7. The molecule has 0 heterocycles. The van der Waals surface area contributed by atoms with Gasteiger partial charge in [-0.2, -0.15) is 0 Å². The van der Waals surface area contributed by atoms with Crippen LogP contribution in [0.5, 0.6) is 0 Å². The molecule has 1 atom stereocenters. The number of hydrogen-bond acceptors (Lipinski definition) is 5. The van der Waals surface area contributed by atoms with Crippen molar-refractivity contribution in [3.63, 3.8) is 0 Å². The van der Waals surface area contributed by atoms with Crippen LogP contribution in [0.1, 0.15) is 39.7 Å². The van der Waals surface area contributed by atoms with Crippen molar-refractivity contribution in [3.05, 3.63) is 48.4 Å². The zero-order valence-electron chi connectivity index (χ0n) is 17.1.